The van der Waals surface area contributed by atoms with Crippen LogP contribution in [0, 0.1) is 23.7 Å². The third kappa shape index (κ3) is 7.15. The van der Waals surface area contributed by atoms with E-state index in [1.807, 2.05) is 24.5 Å². The summed E-state index contributed by atoms with van der Waals surface area (Å²) in [5, 5.41) is 5.11. The van der Waals surface area contributed by atoms with E-state index < -0.39 is 0 Å². The Morgan fingerprint density at radius 2 is 1.05 bits per heavy atom. The van der Waals surface area contributed by atoms with Crippen LogP contribution in [0.4, 0.5) is 0 Å². The third-order valence-electron chi connectivity index (χ3n) is 15.9. The standard InChI is InChI=1S/C56H62N4O2/c1-5-31-61-55(48-23-27-57-50-21-11-9-19-46(48)50)52-33-42-25-29-59(52,35-39(42)7-3)37-44-17-13-15-41-16-14-18-45(54(41)44)38-60-30-26-43(40(8-4)36-60)34-53(60)56(62-32-6-2)49-24-28-58-51-22-12-10-20-47(49)51/h5-24,27-28,39-40,42-43,52-53,55-56H,1-4,25-26,29-38H2/q+2/t39?,40?,42?,43?,52?,53?,55-,56-,59?,60?/m1/s1. The highest BCUT2D eigenvalue weighted by molar-refractivity contribution is 5.89. The van der Waals surface area contributed by atoms with Gasteiger partial charge in [-0.05, 0) is 58.0 Å². The molecule has 6 heteroatoms. The van der Waals surface area contributed by atoms with E-state index in [1.54, 1.807) is 0 Å². The molecule has 0 aliphatic carbocycles. The maximum absolute atomic E-state index is 6.98. The number of nitrogens with zero attached hydrogens (tertiary/aromatic N) is 4. The second-order valence-electron chi connectivity index (χ2n) is 18.9. The van der Waals surface area contributed by atoms with Gasteiger partial charge in [0.25, 0.3) is 0 Å². The van der Waals surface area contributed by atoms with Gasteiger partial charge in [-0.25, -0.2) is 0 Å². The topological polar surface area (TPSA) is 44.2 Å². The summed E-state index contributed by atoms with van der Waals surface area (Å²) in [4.78, 5) is 9.54. The van der Waals surface area contributed by atoms with Gasteiger partial charge < -0.3 is 18.4 Å². The van der Waals surface area contributed by atoms with Gasteiger partial charge in [-0.2, -0.15) is 0 Å². The lowest BCUT2D eigenvalue weighted by atomic mass is 9.70. The number of pyridine rings is 2. The number of para-hydroxylation sites is 2. The molecule has 12 rings (SSSR count). The number of hydrogen-bond donors (Lipinski definition) is 0. The summed E-state index contributed by atoms with van der Waals surface area (Å²) in [6.45, 7) is 24.3. The Labute approximate surface area is 368 Å². The molecule has 6 aliphatic rings. The summed E-state index contributed by atoms with van der Waals surface area (Å²) in [5.74, 6) is 2.16. The SMILES string of the molecule is C=CCO[C@H](c1ccnc2ccccc12)C1CC2CC[N+]1(Cc1cccc3cccc(C[N+]45CCC(CC4[C@H](OCC=C)c4ccnc6ccccc46)C(C=C)C5)c13)CC2C=C. The van der Waals surface area contributed by atoms with Crippen LogP contribution in [0.25, 0.3) is 32.6 Å². The first-order valence-corrected chi connectivity index (χ1v) is 23.1. The normalized spacial score (nSPS) is 28.8. The van der Waals surface area contributed by atoms with E-state index in [0.29, 0.717) is 36.9 Å². The van der Waals surface area contributed by atoms with Gasteiger partial charge in [-0.3, -0.25) is 9.97 Å². The predicted molar refractivity (Wildman–Crippen MR) is 253 cm³/mol. The first kappa shape index (κ1) is 40.8. The van der Waals surface area contributed by atoms with Crippen molar-refractivity contribution in [3.05, 3.63) is 182 Å². The van der Waals surface area contributed by atoms with Crippen molar-refractivity contribution in [2.75, 3.05) is 39.4 Å². The lowest BCUT2D eigenvalue weighted by Gasteiger charge is -2.59. The van der Waals surface area contributed by atoms with Crippen molar-refractivity contribution in [3.8, 4) is 0 Å². The Morgan fingerprint density at radius 3 is 1.50 bits per heavy atom. The summed E-state index contributed by atoms with van der Waals surface area (Å²) >= 11 is 0. The molecule has 4 bridgehead atoms. The monoisotopic (exact) mass is 822 g/mol. The van der Waals surface area contributed by atoms with Crippen LogP contribution in [-0.2, 0) is 22.6 Å². The summed E-state index contributed by atoms with van der Waals surface area (Å²) in [5.41, 5.74) is 7.39. The Hall–Kier alpha value is -5.24. The van der Waals surface area contributed by atoms with Crippen molar-refractivity contribution in [2.45, 2.75) is 63.1 Å². The molecule has 62 heavy (non-hydrogen) atoms. The second kappa shape index (κ2) is 17.1. The molecule has 6 fully saturated rings. The summed E-state index contributed by atoms with van der Waals surface area (Å²) < 4.78 is 15.9. The van der Waals surface area contributed by atoms with Gasteiger partial charge in [-0.15, -0.1) is 26.3 Å². The van der Waals surface area contributed by atoms with Gasteiger partial charge in [0.2, 0.25) is 0 Å². The maximum Gasteiger partial charge on any atom is 0.135 e. The highest BCUT2D eigenvalue weighted by Crippen LogP contribution is 2.52. The minimum atomic E-state index is -0.0924. The maximum atomic E-state index is 6.98. The lowest BCUT2D eigenvalue weighted by molar-refractivity contribution is -0.985. The number of ether oxygens (including phenoxy) is 2. The molecular weight excluding hydrogens is 761 g/mol. The van der Waals surface area contributed by atoms with Crippen molar-refractivity contribution in [1.29, 1.82) is 0 Å². The van der Waals surface area contributed by atoms with Crippen LogP contribution in [0.2, 0.25) is 0 Å². The molecule has 316 valence electrons. The van der Waals surface area contributed by atoms with Gasteiger partial charge in [0.15, 0.2) is 0 Å². The van der Waals surface area contributed by atoms with E-state index in [1.165, 1.54) is 56.6 Å². The molecule has 6 aromatic rings. The highest BCUT2D eigenvalue weighted by Gasteiger charge is 2.56. The molecular formula is C56H62N4O2+2. The molecule has 0 saturated carbocycles. The first-order chi connectivity index (χ1) is 30.5. The van der Waals surface area contributed by atoms with Crippen molar-refractivity contribution in [1.82, 2.24) is 9.97 Å². The Bertz CT molecular complexity index is 2450. The zero-order chi connectivity index (χ0) is 42.3. The fourth-order valence-corrected chi connectivity index (χ4v) is 13.1. The zero-order valence-corrected chi connectivity index (χ0v) is 36.2. The van der Waals surface area contributed by atoms with E-state index >= 15 is 0 Å². The molecule has 0 amide bonds. The molecule has 0 spiro atoms. The summed E-state index contributed by atoms with van der Waals surface area (Å²) in [6, 6.07) is 36.2. The van der Waals surface area contributed by atoms with Crippen LogP contribution < -0.4 is 0 Å². The molecule has 8 unspecified atom stereocenters. The van der Waals surface area contributed by atoms with Crippen molar-refractivity contribution in [3.63, 3.8) is 0 Å². The largest absolute Gasteiger partial charge is 0.363 e. The number of rotatable bonds is 16. The molecule has 2 aromatic heterocycles. The summed E-state index contributed by atoms with van der Waals surface area (Å²) in [7, 11) is 0. The van der Waals surface area contributed by atoms with Crippen LogP contribution in [0.1, 0.15) is 60.1 Å². The number of quaternary nitrogens is 2. The van der Waals surface area contributed by atoms with Crippen LogP contribution >= 0.6 is 0 Å². The van der Waals surface area contributed by atoms with E-state index in [4.69, 9.17) is 19.4 Å². The number of piperidine rings is 6. The van der Waals surface area contributed by atoms with Crippen LogP contribution in [0.5, 0.6) is 0 Å². The van der Waals surface area contributed by atoms with Gasteiger partial charge in [0.05, 0.1) is 50.4 Å². The fraction of sp³-hybridized carbons (Fsp3) is 0.357. The number of benzene rings is 4. The molecule has 6 saturated heterocycles. The minimum absolute atomic E-state index is 0.0924. The summed E-state index contributed by atoms with van der Waals surface area (Å²) in [6.07, 6.45) is 16.7. The lowest BCUT2D eigenvalue weighted by Crippen LogP contribution is -2.68. The molecule has 8 heterocycles. The molecule has 0 N–H and O–H groups in total. The fourth-order valence-electron chi connectivity index (χ4n) is 13.1. The Kier molecular flexibility index (Phi) is 11.3. The molecule has 0 radical (unpaired) electrons. The van der Waals surface area contributed by atoms with Gasteiger partial charge in [0.1, 0.15) is 37.4 Å². The minimum Gasteiger partial charge on any atom is -0.363 e. The number of hydrogen-bond acceptors (Lipinski definition) is 4. The molecule has 4 aromatic carbocycles. The van der Waals surface area contributed by atoms with Crippen molar-refractivity contribution < 1.29 is 18.4 Å². The smallest absolute Gasteiger partial charge is 0.135 e. The van der Waals surface area contributed by atoms with Crippen LogP contribution in [0.3, 0.4) is 0 Å². The Morgan fingerprint density at radius 1 is 0.581 bits per heavy atom. The number of aromatic nitrogens is 2. The third-order valence-corrected chi connectivity index (χ3v) is 15.9. The number of fused-ring (bicyclic) bond motifs is 9. The van der Waals surface area contributed by atoms with E-state index in [0.717, 1.165) is 72.1 Å². The molecule has 10 atom stereocenters. The average Bonchev–Trinajstić information content (AvgIpc) is 3.32. The van der Waals surface area contributed by atoms with Crippen LogP contribution in [0.15, 0.2) is 160 Å². The average molecular weight is 823 g/mol. The second-order valence-corrected chi connectivity index (χ2v) is 18.9. The quantitative estimate of drug-likeness (QED) is 0.0720. The van der Waals surface area contributed by atoms with E-state index in [-0.39, 0.29) is 24.3 Å². The zero-order valence-electron chi connectivity index (χ0n) is 36.2. The Balaban J connectivity index is 1.08. The van der Waals surface area contributed by atoms with Crippen molar-refractivity contribution >= 4 is 32.6 Å². The van der Waals surface area contributed by atoms with Gasteiger partial charge in [-0.1, -0.05) is 97.1 Å². The van der Waals surface area contributed by atoms with Gasteiger partial charge >= 0.3 is 0 Å². The van der Waals surface area contributed by atoms with Gasteiger partial charge in [0, 0.05) is 71.8 Å². The highest BCUT2D eigenvalue weighted by atomic mass is 16.5. The van der Waals surface area contributed by atoms with E-state index in [9.17, 15) is 0 Å². The van der Waals surface area contributed by atoms with Crippen molar-refractivity contribution in [2.24, 2.45) is 23.7 Å². The molecule has 6 aliphatic heterocycles. The van der Waals surface area contributed by atoms with E-state index in [2.05, 4.69) is 136 Å². The first-order valence-electron chi connectivity index (χ1n) is 23.1. The van der Waals surface area contributed by atoms with Crippen LogP contribution in [-0.4, -0.2) is 70.4 Å². The predicted octanol–water partition coefficient (Wildman–Crippen LogP) is 11.6. The molecule has 6 nitrogen and oxygen atoms in total.